The van der Waals surface area contributed by atoms with Gasteiger partial charge >= 0.3 is 0 Å². The second kappa shape index (κ2) is 7.34. The predicted molar refractivity (Wildman–Crippen MR) is 79.7 cm³/mol. The fourth-order valence-electron chi connectivity index (χ4n) is 2.31. The molecule has 0 fully saturated rings. The van der Waals surface area contributed by atoms with Crippen molar-refractivity contribution in [3.05, 3.63) is 29.0 Å². The van der Waals surface area contributed by atoms with E-state index in [9.17, 15) is 0 Å². The Morgan fingerprint density at radius 2 is 2.00 bits per heavy atom. The highest BCUT2D eigenvalue weighted by atomic mass is 35.5. The van der Waals surface area contributed by atoms with Crippen LogP contribution in [-0.4, -0.2) is 4.98 Å². The van der Waals surface area contributed by atoms with Gasteiger partial charge in [-0.2, -0.15) is 0 Å². The van der Waals surface area contributed by atoms with E-state index < -0.39 is 0 Å². The molecule has 0 aromatic carbocycles. The van der Waals surface area contributed by atoms with Gasteiger partial charge in [0.05, 0.1) is 5.02 Å². The standard InChI is InChI=1S/C14H23ClNP/c1-3-5-6-9-14(17,8-4-2)12-7-10-16-11-13(12)15/h7,10-11H,3-6,8-9,17H2,1-2H3. The van der Waals surface area contributed by atoms with E-state index in [0.717, 1.165) is 11.4 Å². The molecule has 1 rings (SSSR count). The maximum Gasteiger partial charge on any atom is 0.0630 e. The number of halogens is 1. The van der Waals surface area contributed by atoms with Gasteiger partial charge in [-0.05, 0) is 24.5 Å². The summed E-state index contributed by atoms with van der Waals surface area (Å²) in [4.78, 5) is 4.07. The topological polar surface area (TPSA) is 12.9 Å². The molecule has 0 saturated carbocycles. The second-order valence-corrected chi connectivity index (χ2v) is 6.23. The molecule has 1 aromatic heterocycles. The molecule has 0 amide bonds. The van der Waals surface area contributed by atoms with E-state index >= 15 is 0 Å². The Morgan fingerprint density at radius 1 is 1.24 bits per heavy atom. The summed E-state index contributed by atoms with van der Waals surface area (Å²) >= 11 is 6.28. The minimum atomic E-state index is 0.129. The lowest BCUT2D eigenvalue weighted by molar-refractivity contribution is 0.484. The smallest absolute Gasteiger partial charge is 0.0630 e. The maximum atomic E-state index is 6.28. The summed E-state index contributed by atoms with van der Waals surface area (Å²) in [5.41, 5.74) is 1.23. The first-order valence-electron chi connectivity index (χ1n) is 6.53. The molecule has 2 atom stereocenters. The first kappa shape index (κ1) is 14.9. The van der Waals surface area contributed by atoms with E-state index in [0.29, 0.717) is 0 Å². The zero-order valence-electron chi connectivity index (χ0n) is 10.9. The van der Waals surface area contributed by atoms with E-state index in [1.807, 2.05) is 6.20 Å². The highest BCUT2D eigenvalue weighted by molar-refractivity contribution is 7.18. The molecule has 0 aliphatic heterocycles. The van der Waals surface area contributed by atoms with Crippen LogP contribution < -0.4 is 0 Å². The molecular formula is C14H23ClNP. The summed E-state index contributed by atoms with van der Waals surface area (Å²) in [5, 5.41) is 0.927. The monoisotopic (exact) mass is 271 g/mol. The Labute approximate surface area is 113 Å². The zero-order valence-corrected chi connectivity index (χ0v) is 12.8. The van der Waals surface area contributed by atoms with E-state index in [2.05, 4.69) is 34.1 Å². The zero-order chi connectivity index (χ0) is 12.7. The van der Waals surface area contributed by atoms with Gasteiger partial charge in [-0.25, -0.2) is 0 Å². The van der Waals surface area contributed by atoms with Crippen LogP contribution in [0.1, 0.15) is 57.9 Å². The fourth-order valence-corrected chi connectivity index (χ4v) is 3.45. The van der Waals surface area contributed by atoms with E-state index in [1.54, 1.807) is 6.20 Å². The van der Waals surface area contributed by atoms with Crippen molar-refractivity contribution in [1.29, 1.82) is 0 Å². The molecule has 0 aliphatic rings. The summed E-state index contributed by atoms with van der Waals surface area (Å²) in [6, 6.07) is 2.07. The predicted octanol–water partition coefficient (Wildman–Crippen LogP) is 5.19. The molecule has 1 aromatic rings. The van der Waals surface area contributed by atoms with Crippen molar-refractivity contribution in [2.24, 2.45) is 0 Å². The Bertz CT molecular complexity index is 343. The van der Waals surface area contributed by atoms with Crippen LogP contribution in [0.5, 0.6) is 0 Å². The number of pyridine rings is 1. The number of nitrogens with zero attached hydrogens (tertiary/aromatic N) is 1. The summed E-state index contributed by atoms with van der Waals surface area (Å²) in [6.45, 7) is 4.47. The van der Waals surface area contributed by atoms with Crippen LogP contribution in [0, 0.1) is 0 Å². The number of hydrogen-bond acceptors (Lipinski definition) is 1. The van der Waals surface area contributed by atoms with Gasteiger partial charge in [0, 0.05) is 17.5 Å². The lowest BCUT2D eigenvalue weighted by Gasteiger charge is -2.30. The summed E-state index contributed by atoms with van der Waals surface area (Å²) in [6.07, 6.45) is 10.9. The van der Waals surface area contributed by atoms with E-state index in [1.165, 1.54) is 37.7 Å². The first-order chi connectivity index (χ1) is 8.14. The van der Waals surface area contributed by atoms with Crippen molar-refractivity contribution in [1.82, 2.24) is 4.98 Å². The number of rotatable bonds is 7. The SMILES string of the molecule is CCCCCC(P)(CCC)c1ccncc1Cl. The van der Waals surface area contributed by atoms with Crippen molar-refractivity contribution >= 4 is 20.8 Å². The average Bonchev–Trinajstić information content (AvgIpc) is 2.30. The molecule has 3 heteroatoms. The fraction of sp³-hybridized carbons (Fsp3) is 0.643. The lowest BCUT2D eigenvalue weighted by atomic mass is 9.88. The Balaban J connectivity index is 2.86. The lowest BCUT2D eigenvalue weighted by Crippen LogP contribution is -2.18. The molecule has 0 saturated heterocycles. The summed E-state index contributed by atoms with van der Waals surface area (Å²) in [5.74, 6) is 0. The highest BCUT2D eigenvalue weighted by Crippen LogP contribution is 2.43. The van der Waals surface area contributed by atoms with Crippen molar-refractivity contribution in [2.45, 2.75) is 57.5 Å². The second-order valence-electron chi connectivity index (χ2n) is 4.72. The molecule has 1 heterocycles. The molecular weight excluding hydrogens is 249 g/mol. The minimum Gasteiger partial charge on any atom is -0.263 e. The van der Waals surface area contributed by atoms with Gasteiger partial charge in [0.25, 0.3) is 0 Å². The number of unbranched alkanes of at least 4 members (excludes halogenated alkanes) is 2. The van der Waals surface area contributed by atoms with Crippen molar-refractivity contribution < 1.29 is 0 Å². The molecule has 0 spiro atoms. The van der Waals surface area contributed by atoms with Gasteiger partial charge in [0.1, 0.15) is 0 Å². The third-order valence-electron chi connectivity index (χ3n) is 3.23. The van der Waals surface area contributed by atoms with Crippen molar-refractivity contribution in [2.75, 3.05) is 0 Å². The van der Waals surface area contributed by atoms with Crippen LogP contribution in [0.3, 0.4) is 0 Å². The summed E-state index contributed by atoms with van der Waals surface area (Å²) < 4.78 is 0. The quantitative estimate of drug-likeness (QED) is 0.491. The molecule has 0 bridgehead atoms. The van der Waals surface area contributed by atoms with Crippen LogP contribution in [0.2, 0.25) is 5.02 Å². The first-order valence-corrected chi connectivity index (χ1v) is 7.48. The molecule has 96 valence electrons. The van der Waals surface area contributed by atoms with Gasteiger partial charge in [-0.15, -0.1) is 9.24 Å². The normalized spacial score (nSPS) is 14.6. The minimum absolute atomic E-state index is 0.129. The molecule has 2 unspecified atom stereocenters. The largest absolute Gasteiger partial charge is 0.263 e. The Kier molecular flexibility index (Phi) is 6.44. The van der Waals surface area contributed by atoms with Gasteiger partial charge in [-0.3, -0.25) is 4.98 Å². The number of aromatic nitrogens is 1. The number of hydrogen-bond donors (Lipinski definition) is 0. The van der Waals surface area contributed by atoms with Gasteiger partial charge < -0.3 is 0 Å². The Morgan fingerprint density at radius 3 is 2.59 bits per heavy atom. The van der Waals surface area contributed by atoms with Gasteiger partial charge in [0.15, 0.2) is 0 Å². The summed E-state index contributed by atoms with van der Waals surface area (Å²) in [7, 11) is 3.04. The van der Waals surface area contributed by atoms with E-state index in [-0.39, 0.29) is 5.16 Å². The Hall–Kier alpha value is -0.130. The van der Waals surface area contributed by atoms with Crippen LogP contribution in [-0.2, 0) is 5.16 Å². The molecule has 0 aliphatic carbocycles. The highest BCUT2D eigenvalue weighted by Gasteiger charge is 2.27. The average molecular weight is 272 g/mol. The van der Waals surface area contributed by atoms with Gasteiger partial charge in [-0.1, -0.05) is 51.1 Å². The molecule has 1 nitrogen and oxygen atoms in total. The van der Waals surface area contributed by atoms with Crippen LogP contribution >= 0.6 is 20.8 Å². The van der Waals surface area contributed by atoms with Crippen LogP contribution in [0.25, 0.3) is 0 Å². The van der Waals surface area contributed by atoms with Gasteiger partial charge in [0.2, 0.25) is 0 Å². The molecule has 0 radical (unpaired) electrons. The third-order valence-corrected chi connectivity index (χ3v) is 4.42. The van der Waals surface area contributed by atoms with Crippen LogP contribution in [0.4, 0.5) is 0 Å². The third kappa shape index (κ3) is 4.23. The van der Waals surface area contributed by atoms with Crippen LogP contribution in [0.15, 0.2) is 18.5 Å². The van der Waals surface area contributed by atoms with Crippen molar-refractivity contribution in [3.8, 4) is 0 Å². The maximum absolute atomic E-state index is 6.28. The molecule has 0 N–H and O–H groups in total. The van der Waals surface area contributed by atoms with Crippen molar-refractivity contribution in [3.63, 3.8) is 0 Å². The molecule has 17 heavy (non-hydrogen) atoms. The van der Waals surface area contributed by atoms with E-state index in [4.69, 9.17) is 11.6 Å².